The standard InChI is InChI=1S/C22H21F3N2O5/c1-3-4-17-18(10-7-15(11-28)19(17)29)31-13-21(2,12-26)27-20(30)14-5-8-16(9-6-14)32-22(23,24)25/h5-11,29H,3-4,13H2,1-2H3,(H,27,30)/t21-/m1/s1. The predicted octanol–water partition coefficient (Wildman–Crippen LogP) is 4.15. The number of benzene rings is 2. The maximum Gasteiger partial charge on any atom is 0.573 e. The number of rotatable bonds is 9. The molecule has 2 rings (SSSR count). The number of aldehydes is 1. The van der Waals surface area contributed by atoms with Crippen molar-refractivity contribution >= 4 is 12.2 Å². The van der Waals surface area contributed by atoms with Crippen LogP contribution in [0.15, 0.2) is 36.4 Å². The van der Waals surface area contributed by atoms with Crippen LogP contribution in [-0.4, -0.2) is 35.8 Å². The van der Waals surface area contributed by atoms with E-state index in [1.165, 1.54) is 19.1 Å². The predicted molar refractivity (Wildman–Crippen MR) is 108 cm³/mol. The Morgan fingerprint density at radius 3 is 2.41 bits per heavy atom. The maximum atomic E-state index is 12.5. The van der Waals surface area contributed by atoms with E-state index in [0.29, 0.717) is 24.7 Å². The van der Waals surface area contributed by atoms with Crippen molar-refractivity contribution in [2.24, 2.45) is 0 Å². The highest BCUT2D eigenvalue weighted by molar-refractivity contribution is 5.95. The fourth-order valence-corrected chi connectivity index (χ4v) is 2.81. The van der Waals surface area contributed by atoms with Gasteiger partial charge in [0.1, 0.15) is 23.9 Å². The molecule has 10 heteroatoms. The summed E-state index contributed by atoms with van der Waals surface area (Å²) in [5, 5.41) is 22.3. The third kappa shape index (κ3) is 6.38. The number of aromatic hydroxyl groups is 1. The van der Waals surface area contributed by atoms with Crippen LogP contribution >= 0.6 is 0 Å². The van der Waals surface area contributed by atoms with E-state index >= 15 is 0 Å². The van der Waals surface area contributed by atoms with Crippen molar-refractivity contribution in [2.45, 2.75) is 38.6 Å². The lowest BCUT2D eigenvalue weighted by molar-refractivity contribution is -0.274. The summed E-state index contributed by atoms with van der Waals surface area (Å²) in [7, 11) is 0. The first-order valence-corrected chi connectivity index (χ1v) is 9.54. The summed E-state index contributed by atoms with van der Waals surface area (Å²) < 4.78 is 46.2. The summed E-state index contributed by atoms with van der Waals surface area (Å²) in [5.74, 6) is -1.13. The van der Waals surface area contributed by atoms with Crippen molar-refractivity contribution in [2.75, 3.05) is 6.61 Å². The van der Waals surface area contributed by atoms with Crippen LogP contribution in [0.2, 0.25) is 0 Å². The lowest BCUT2D eigenvalue weighted by Crippen LogP contribution is -2.49. The zero-order valence-corrected chi connectivity index (χ0v) is 17.3. The molecule has 0 aliphatic heterocycles. The average molecular weight is 450 g/mol. The number of nitriles is 1. The third-order valence-corrected chi connectivity index (χ3v) is 4.40. The maximum absolute atomic E-state index is 12.5. The second-order valence-corrected chi connectivity index (χ2v) is 7.11. The number of ether oxygens (including phenoxy) is 2. The number of hydrogen-bond donors (Lipinski definition) is 2. The highest BCUT2D eigenvalue weighted by atomic mass is 19.4. The van der Waals surface area contributed by atoms with Crippen LogP contribution in [-0.2, 0) is 6.42 Å². The van der Waals surface area contributed by atoms with E-state index in [-0.39, 0.29) is 29.2 Å². The summed E-state index contributed by atoms with van der Waals surface area (Å²) in [4.78, 5) is 23.5. The molecule has 32 heavy (non-hydrogen) atoms. The van der Waals surface area contributed by atoms with Crippen molar-refractivity contribution in [1.82, 2.24) is 5.32 Å². The normalized spacial score (nSPS) is 12.9. The molecule has 0 saturated carbocycles. The Morgan fingerprint density at radius 1 is 1.22 bits per heavy atom. The van der Waals surface area contributed by atoms with Crippen LogP contribution in [0.3, 0.4) is 0 Å². The van der Waals surface area contributed by atoms with Crippen molar-refractivity contribution in [1.29, 1.82) is 5.26 Å². The van der Waals surface area contributed by atoms with Gasteiger partial charge in [-0.25, -0.2) is 0 Å². The van der Waals surface area contributed by atoms with E-state index in [0.717, 1.165) is 24.3 Å². The van der Waals surface area contributed by atoms with Gasteiger partial charge in [0.05, 0.1) is 11.6 Å². The third-order valence-electron chi connectivity index (χ3n) is 4.40. The minimum absolute atomic E-state index is 0.0145. The smallest absolute Gasteiger partial charge is 0.507 e. The Labute approximate surface area is 182 Å². The minimum Gasteiger partial charge on any atom is -0.507 e. The Balaban J connectivity index is 2.13. The van der Waals surface area contributed by atoms with E-state index in [1.54, 1.807) is 0 Å². The van der Waals surface area contributed by atoms with Gasteiger partial charge >= 0.3 is 6.36 Å². The fourth-order valence-electron chi connectivity index (χ4n) is 2.81. The van der Waals surface area contributed by atoms with Gasteiger partial charge in [-0.1, -0.05) is 13.3 Å². The molecule has 0 aromatic heterocycles. The van der Waals surface area contributed by atoms with Crippen LogP contribution < -0.4 is 14.8 Å². The van der Waals surface area contributed by atoms with Gasteiger partial charge in [0.25, 0.3) is 5.91 Å². The quantitative estimate of drug-likeness (QED) is 0.556. The first-order valence-electron chi connectivity index (χ1n) is 9.54. The highest BCUT2D eigenvalue weighted by Crippen LogP contribution is 2.32. The van der Waals surface area contributed by atoms with E-state index in [4.69, 9.17) is 4.74 Å². The Morgan fingerprint density at radius 2 is 1.88 bits per heavy atom. The van der Waals surface area contributed by atoms with Gasteiger partial charge in [-0.15, -0.1) is 13.2 Å². The second kappa shape index (κ2) is 10.0. The highest BCUT2D eigenvalue weighted by Gasteiger charge is 2.31. The molecule has 0 heterocycles. The first-order chi connectivity index (χ1) is 15.0. The summed E-state index contributed by atoms with van der Waals surface area (Å²) in [6.07, 6.45) is -3.25. The number of phenolic OH excluding ortho intramolecular Hbond substituents is 1. The van der Waals surface area contributed by atoms with Crippen LogP contribution in [0, 0.1) is 11.3 Å². The topological polar surface area (TPSA) is 109 Å². The van der Waals surface area contributed by atoms with Gasteiger partial charge < -0.3 is 19.9 Å². The SMILES string of the molecule is CCCc1c(OC[C@@](C)(C#N)NC(=O)c2ccc(OC(F)(F)F)cc2)ccc(C=O)c1O. The van der Waals surface area contributed by atoms with Crippen LogP contribution in [0.5, 0.6) is 17.2 Å². The van der Waals surface area contributed by atoms with Gasteiger partial charge in [0.2, 0.25) is 0 Å². The van der Waals surface area contributed by atoms with Crippen molar-refractivity contribution in [3.05, 3.63) is 53.1 Å². The first kappa shape index (κ1) is 24.5. The van der Waals surface area contributed by atoms with E-state index in [1.807, 2.05) is 13.0 Å². The number of nitrogens with one attached hydrogen (secondary N) is 1. The van der Waals surface area contributed by atoms with Crippen molar-refractivity contribution < 1.29 is 37.3 Å². The Kier molecular flexibility index (Phi) is 7.70. The molecule has 7 nitrogen and oxygen atoms in total. The number of halogens is 3. The number of carbonyl (C=O) groups excluding carboxylic acids is 2. The zero-order chi connectivity index (χ0) is 23.9. The van der Waals surface area contributed by atoms with Crippen molar-refractivity contribution in [3.63, 3.8) is 0 Å². The van der Waals surface area contributed by atoms with E-state index in [2.05, 4.69) is 10.1 Å². The molecule has 0 aliphatic carbocycles. The Hall–Kier alpha value is -3.74. The molecule has 0 aliphatic rings. The molecule has 0 radical (unpaired) electrons. The number of alkyl halides is 3. The van der Waals surface area contributed by atoms with Crippen LogP contribution in [0.1, 0.15) is 46.5 Å². The molecule has 0 bridgehead atoms. The lowest BCUT2D eigenvalue weighted by atomic mass is 10.0. The number of hydrogen-bond acceptors (Lipinski definition) is 6. The molecule has 1 atom stereocenters. The number of nitrogens with zero attached hydrogens (tertiary/aromatic N) is 1. The van der Waals surface area contributed by atoms with E-state index in [9.17, 15) is 33.1 Å². The summed E-state index contributed by atoms with van der Waals surface area (Å²) in [6, 6.07) is 9.03. The molecule has 2 N–H and O–H groups in total. The molecule has 0 spiro atoms. The minimum atomic E-state index is -4.85. The van der Waals surface area contributed by atoms with Gasteiger partial charge in [0.15, 0.2) is 11.8 Å². The molecule has 0 unspecified atom stereocenters. The number of carbonyl (C=O) groups is 2. The van der Waals surface area contributed by atoms with Gasteiger partial charge in [-0.3, -0.25) is 9.59 Å². The molecular formula is C22H21F3N2O5. The zero-order valence-electron chi connectivity index (χ0n) is 17.3. The number of phenols is 1. The lowest BCUT2D eigenvalue weighted by Gasteiger charge is -2.24. The summed E-state index contributed by atoms with van der Waals surface area (Å²) in [6.45, 7) is 2.99. The molecule has 1 amide bonds. The van der Waals surface area contributed by atoms with Crippen molar-refractivity contribution in [3.8, 4) is 23.3 Å². The molecule has 170 valence electrons. The average Bonchev–Trinajstić information content (AvgIpc) is 2.73. The largest absolute Gasteiger partial charge is 0.573 e. The molecule has 2 aromatic rings. The number of amides is 1. The monoisotopic (exact) mass is 450 g/mol. The Bertz CT molecular complexity index is 1020. The van der Waals surface area contributed by atoms with Gasteiger partial charge in [-0.05, 0) is 49.7 Å². The van der Waals surface area contributed by atoms with Gasteiger partial charge in [0, 0.05) is 11.1 Å². The molecule has 2 aromatic carbocycles. The summed E-state index contributed by atoms with van der Waals surface area (Å²) in [5.41, 5.74) is -0.972. The second-order valence-electron chi connectivity index (χ2n) is 7.11. The molecular weight excluding hydrogens is 429 g/mol. The van der Waals surface area contributed by atoms with Crippen LogP contribution in [0.4, 0.5) is 13.2 Å². The van der Waals surface area contributed by atoms with Crippen LogP contribution in [0.25, 0.3) is 0 Å². The molecule has 0 fully saturated rings. The van der Waals surface area contributed by atoms with E-state index < -0.39 is 23.6 Å². The summed E-state index contributed by atoms with van der Waals surface area (Å²) >= 11 is 0. The fraction of sp³-hybridized carbons (Fsp3) is 0.318. The molecule has 0 saturated heterocycles. The van der Waals surface area contributed by atoms with Gasteiger partial charge in [-0.2, -0.15) is 5.26 Å².